The maximum absolute atomic E-state index is 13.3. The molecule has 5 rings (SSSR count). The first-order chi connectivity index (χ1) is 16.9. The molecule has 2 aliphatic rings. The molecule has 0 bridgehead atoms. The van der Waals surface area contributed by atoms with Crippen molar-refractivity contribution in [3.63, 3.8) is 0 Å². The number of aromatic nitrogens is 1. The van der Waals surface area contributed by atoms with E-state index in [-0.39, 0.29) is 17.7 Å². The summed E-state index contributed by atoms with van der Waals surface area (Å²) in [5.74, 6) is -0.979. The van der Waals surface area contributed by atoms with Crippen LogP contribution in [-0.2, 0) is 4.79 Å². The molecule has 1 fully saturated rings. The summed E-state index contributed by atoms with van der Waals surface area (Å²) in [6.07, 6.45) is 1.58. The monoisotopic (exact) mass is 490 g/mol. The first-order valence-corrected chi connectivity index (χ1v) is 12.7. The van der Waals surface area contributed by atoms with Crippen molar-refractivity contribution in [2.24, 2.45) is 5.92 Å². The third-order valence-corrected chi connectivity index (χ3v) is 7.75. The predicted molar refractivity (Wildman–Crippen MR) is 134 cm³/mol. The number of fused-ring (bicyclic) bond motifs is 2. The van der Waals surface area contributed by atoms with Crippen molar-refractivity contribution >= 4 is 50.3 Å². The molecule has 0 spiro atoms. The molecule has 8 nitrogen and oxygen atoms in total. The predicted octanol–water partition coefficient (Wildman–Crippen LogP) is 3.82. The molecule has 0 N–H and O–H groups in total. The van der Waals surface area contributed by atoms with E-state index in [1.54, 1.807) is 47.4 Å². The number of piperidine rings is 1. The van der Waals surface area contributed by atoms with Gasteiger partial charge in [0.2, 0.25) is 11.0 Å². The topological polar surface area (TPSA) is 90.9 Å². The third kappa shape index (κ3) is 3.99. The van der Waals surface area contributed by atoms with Crippen LogP contribution in [0.4, 0.5) is 5.13 Å². The normalized spacial score (nSPS) is 17.7. The maximum Gasteiger partial charge on any atom is 0.268 e. The van der Waals surface area contributed by atoms with Gasteiger partial charge in [-0.15, -0.1) is 0 Å². The molecular weight excluding hydrogens is 464 g/mol. The first kappa shape index (κ1) is 23.2. The summed E-state index contributed by atoms with van der Waals surface area (Å²) in [5, 5.41) is 0.290. The van der Waals surface area contributed by atoms with Crippen LogP contribution in [-0.4, -0.2) is 64.6 Å². The number of thiazole rings is 1. The Morgan fingerprint density at radius 2 is 1.74 bits per heavy atom. The molecule has 0 radical (unpaired) electrons. The molecule has 9 heteroatoms. The second-order valence-electron chi connectivity index (χ2n) is 8.77. The van der Waals surface area contributed by atoms with E-state index < -0.39 is 11.8 Å². The summed E-state index contributed by atoms with van der Waals surface area (Å²) in [6.45, 7) is 6.28. The lowest BCUT2D eigenvalue weighted by Gasteiger charge is -2.34. The van der Waals surface area contributed by atoms with Gasteiger partial charge in [0.25, 0.3) is 17.7 Å². The van der Waals surface area contributed by atoms with Crippen LogP contribution in [0.3, 0.4) is 0 Å². The lowest BCUT2D eigenvalue weighted by Crippen LogP contribution is -2.46. The quantitative estimate of drug-likeness (QED) is 0.507. The van der Waals surface area contributed by atoms with Gasteiger partial charge in [-0.1, -0.05) is 23.5 Å². The Hall–Kier alpha value is -3.59. The van der Waals surface area contributed by atoms with Crippen LogP contribution in [0.15, 0.2) is 42.5 Å². The third-order valence-electron chi connectivity index (χ3n) is 6.74. The Bertz CT molecular complexity index is 1310. The van der Waals surface area contributed by atoms with Crippen molar-refractivity contribution < 1.29 is 19.2 Å². The summed E-state index contributed by atoms with van der Waals surface area (Å²) in [7, 11) is 0. The smallest absolute Gasteiger partial charge is 0.268 e. The van der Waals surface area contributed by atoms with Gasteiger partial charge in [-0.3, -0.25) is 19.2 Å². The molecule has 2 aromatic carbocycles. The Morgan fingerprint density at radius 3 is 2.40 bits per heavy atom. The van der Waals surface area contributed by atoms with E-state index in [2.05, 4.69) is 4.98 Å². The lowest BCUT2D eigenvalue weighted by molar-refractivity contribution is -0.136. The van der Waals surface area contributed by atoms with E-state index in [4.69, 9.17) is 0 Å². The second-order valence-corrected chi connectivity index (χ2v) is 9.78. The van der Waals surface area contributed by atoms with Gasteiger partial charge in [0.15, 0.2) is 0 Å². The molecule has 3 heterocycles. The number of carbonyl (C=O) groups is 4. The van der Waals surface area contributed by atoms with Crippen molar-refractivity contribution in [1.29, 1.82) is 0 Å². The molecule has 1 saturated heterocycles. The molecule has 0 aliphatic carbocycles. The van der Waals surface area contributed by atoms with Crippen LogP contribution in [0, 0.1) is 5.92 Å². The van der Waals surface area contributed by atoms with E-state index in [0.29, 0.717) is 53.5 Å². The average Bonchev–Trinajstić information content (AvgIpc) is 3.42. The molecular formula is C26H26N4O4S. The SMILES string of the molecule is CCN(CC)C(=O)[C@H]1CCCN(C(=O)c2ccc3nc(N4C(=O)c5ccccc5C4=O)sc3c2)C1. The van der Waals surface area contributed by atoms with Gasteiger partial charge in [0.1, 0.15) is 0 Å². The van der Waals surface area contributed by atoms with Crippen molar-refractivity contribution in [2.75, 3.05) is 31.1 Å². The summed E-state index contributed by atoms with van der Waals surface area (Å²) in [4.78, 5) is 60.9. The fourth-order valence-corrected chi connectivity index (χ4v) is 5.85. The number of hydrogen-bond acceptors (Lipinski definition) is 6. The number of rotatable bonds is 5. The summed E-state index contributed by atoms with van der Waals surface area (Å²) >= 11 is 1.21. The minimum atomic E-state index is -0.391. The molecule has 4 amide bonds. The number of likely N-dealkylation sites (tertiary alicyclic amines) is 1. The summed E-state index contributed by atoms with van der Waals surface area (Å²) < 4.78 is 0.718. The molecule has 0 unspecified atom stereocenters. The molecule has 180 valence electrons. The fraction of sp³-hybridized carbons (Fsp3) is 0.346. The molecule has 1 aromatic heterocycles. The maximum atomic E-state index is 13.3. The summed E-state index contributed by atoms with van der Waals surface area (Å²) in [6, 6.07) is 11.9. The Kier molecular flexibility index (Phi) is 6.10. The van der Waals surface area contributed by atoms with Gasteiger partial charge in [0.05, 0.1) is 27.3 Å². The number of nitrogens with zero attached hydrogens (tertiary/aromatic N) is 4. The highest BCUT2D eigenvalue weighted by Gasteiger charge is 2.38. The Labute approximate surface area is 207 Å². The number of anilines is 1. The van der Waals surface area contributed by atoms with Crippen LogP contribution in [0.1, 0.15) is 57.8 Å². The van der Waals surface area contributed by atoms with Gasteiger partial charge in [0, 0.05) is 31.7 Å². The van der Waals surface area contributed by atoms with Crippen LogP contribution in [0.25, 0.3) is 10.2 Å². The van der Waals surface area contributed by atoms with Crippen molar-refractivity contribution in [1.82, 2.24) is 14.8 Å². The largest absolute Gasteiger partial charge is 0.343 e. The van der Waals surface area contributed by atoms with E-state index in [9.17, 15) is 19.2 Å². The summed E-state index contributed by atoms with van der Waals surface area (Å²) in [5.41, 5.74) is 1.86. The van der Waals surface area contributed by atoms with Crippen LogP contribution in [0.2, 0.25) is 0 Å². The molecule has 1 atom stereocenters. The van der Waals surface area contributed by atoms with Crippen LogP contribution in [0.5, 0.6) is 0 Å². The Morgan fingerprint density at radius 1 is 1.06 bits per heavy atom. The number of carbonyl (C=O) groups excluding carboxylic acids is 4. The zero-order valence-electron chi connectivity index (χ0n) is 19.7. The van der Waals surface area contributed by atoms with Crippen molar-refractivity contribution in [3.05, 3.63) is 59.2 Å². The molecule has 0 saturated carbocycles. The van der Waals surface area contributed by atoms with Gasteiger partial charge in [-0.2, -0.15) is 0 Å². The van der Waals surface area contributed by atoms with E-state index in [1.165, 1.54) is 11.3 Å². The molecule has 35 heavy (non-hydrogen) atoms. The van der Waals surface area contributed by atoms with Crippen molar-refractivity contribution in [3.8, 4) is 0 Å². The molecule has 2 aliphatic heterocycles. The Balaban J connectivity index is 1.37. The van der Waals surface area contributed by atoms with Gasteiger partial charge in [-0.25, -0.2) is 9.88 Å². The minimum Gasteiger partial charge on any atom is -0.343 e. The minimum absolute atomic E-state index is 0.107. The fourth-order valence-electron chi connectivity index (χ4n) is 4.84. The highest BCUT2D eigenvalue weighted by atomic mass is 32.1. The first-order valence-electron chi connectivity index (χ1n) is 11.9. The van der Waals surface area contributed by atoms with Crippen molar-refractivity contribution in [2.45, 2.75) is 26.7 Å². The second kappa shape index (κ2) is 9.22. The number of imide groups is 1. The zero-order valence-corrected chi connectivity index (χ0v) is 20.5. The van der Waals surface area contributed by atoms with Crippen LogP contribution < -0.4 is 4.90 Å². The number of hydrogen-bond donors (Lipinski definition) is 0. The van der Waals surface area contributed by atoms with E-state index in [0.717, 1.165) is 22.4 Å². The van der Waals surface area contributed by atoms with E-state index in [1.807, 2.05) is 18.7 Å². The zero-order chi connectivity index (χ0) is 24.7. The number of amides is 4. The molecule has 3 aromatic rings. The number of benzene rings is 2. The van der Waals surface area contributed by atoms with E-state index >= 15 is 0 Å². The highest BCUT2D eigenvalue weighted by Crippen LogP contribution is 2.35. The lowest BCUT2D eigenvalue weighted by atomic mass is 9.95. The highest BCUT2D eigenvalue weighted by molar-refractivity contribution is 7.22. The average molecular weight is 491 g/mol. The van der Waals surface area contributed by atoms with Gasteiger partial charge >= 0.3 is 0 Å². The standard InChI is InChI=1S/C26H26N4O4S/c1-3-28(4-2)23(32)17-8-7-13-29(15-17)22(31)16-11-12-20-21(14-16)35-26(27-20)30-24(33)18-9-5-6-10-19(18)25(30)34/h5-6,9-12,14,17H,3-4,7-8,13,15H2,1-2H3/t17-/m0/s1. The van der Waals surface area contributed by atoms with Gasteiger partial charge in [-0.05, 0) is 57.0 Å². The van der Waals surface area contributed by atoms with Crippen LogP contribution >= 0.6 is 11.3 Å². The van der Waals surface area contributed by atoms with Gasteiger partial charge < -0.3 is 9.80 Å².